The van der Waals surface area contributed by atoms with E-state index < -0.39 is 0 Å². The van der Waals surface area contributed by atoms with Gasteiger partial charge in [0.15, 0.2) is 0 Å². The molecule has 0 heterocycles. The average Bonchev–Trinajstić information content (AvgIpc) is 2.15. The van der Waals surface area contributed by atoms with E-state index in [1.54, 1.807) is 0 Å². The first-order valence-corrected chi connectivity index (χ1v) is 4.46. The van der Waals surface area contributed by atoms with Gasteiger partial charge in [0.25, 0.3) is 0 Å². The van der Waals surface area contributed by atoms with Gasteiger partial charge in [-0.1, -0.05) is 37.6 Å². The third-order valence-corrected chi connectivity index (χ3v) is 1.97. The fourth-order valence-electron chi connectivity index (χ4n) is 1.16. The molecule has 0 spiro atoms. The van der Waals surface area contributed by atoms with Crippen LogP contribution in [0.3, 0.4) is 0 Å². The molecule has 1 aromatic carbocycles. The maximum Gasteiger partial charge on any atom is 0.0250 e. The summed E-state index contributed by atoms with van der Waals surface area (Å²) in [7, 11) is 0. The second kappa shape index (κ2) is 4.70. The van der Waals surface area contributed by atoms with Crippen LogP contribution >= 0.6 is 0 Å². The highest BCUT2D eigenvalue weighted by atomic mass is 14.3. The normalized spacial score (nSPS) is 9.75. The molecule has 12 heavy (non-hydrogen) atoms. The van der Waals surface area contributed by atoms with Gasteiger partial charge in [0, 0.05) is 6.21 Å². The van der Waals surface area contributed by atoms with Crippen molar-refractivity contribution in [3.63, 3.8) is 0 Å². The van der Waals surface area contributed by atoms with Crippen molar-refractivity contribution in [2.24, 2.45) is 0 Å². The van der Waals surface area contributed by atoms with Crippen LogP contribution < -0.4 is 0 Å². The van der Waals surface area contributed by atoms with E-state index in [4.69, 9.17) is 5.41 Å². The summed E-state index contributed by atoms with van der Waals surface area (Å²) >= 11 is 0. The third-order valence-electron chi connectivity index (χ3n) is 1.97. The molecule has 1 heteroatoms. The Morgan fingerprint density at radius 1 is 1.25 bits per heavy atom. The van der Waals surface area contributed by atoms with E-state index in [-0.39, 0.29) is 0 Å². The van der Waals surface area contributed by atoms with E-state index >= 15 is 0 Å². The molecule has 0 radical (unpaired) electrons. The van der Waals surface area contributed by atoms with E-state index in [1.165, 1.54) is 24.6 Å². The van der Waals surface area contributed by atoms with Gasteiger partial charge in [-0.05, 0) is 24.0 Å². The van der Waals surface area contributed by atoms with Gasteiger partial charge in [-0.25, -0.2) is 0 Å². The van der Waals surface area contributed by atoms with E-state index in [9.17, 15) is 0 Å². The number of hydrogen-bond donors (Lipinski definition) is 1. The van der Waals surface area contributed by atoms with E-state index in [1.807, 2.05) is 12.1 Å². The van der Waals surface area contributed by atoms with Gasteiger partial charge in [-0.2, -0.15) is 0 Å². The van der Waals surface area contributed by atoms with Gasteiger partial charge in [0.05, 0.1) is 0 Å². The predicted molar refractivity (Wildman–Crippen MR) is 52.9 cm³/mol. The Labute approximate surface area is 73.9 Å². The fourth-order valence-corrected chi connectivity index (χ4v) is 1.16. The molecule has 1 N–H and O–H groups in total. The van der Waals surface area contributed by atoms with Gasteiger partial charge in [0.1, 0.15) is 0 Å². The van der Waals surface area contributed by atoms with Crippen molar-refractivity contribution in [2.75, 3.05) is 0 Å². The first-order chi connectivity index (χ1) is 5.86. The van der Waals surface area contributed by atoms with Crippen LogP contribution in [0, 0.1) is 5.41 Å². The Morgan fingerprint density at radius 2 is 1.92 bits per heavy atom. The van der Waals surface area contributed by atoms with Gasteiger partial charge in [0.2, 0.25) is 0 Å². The minimum Gasteiger partial charge on any atom is -0.308 e. The largest absolute Gasteiger partial charge is 0.308 e. The number of benzene rings is 1. The first-order valence-electron chi connectivity index (χ1n) is 4.46. The quantitative estimate of drug-likeness (QED) is 0.656. The zero-order chi connectivity index (χ0) is 8.81. The summed E-state index contributed by atoms with van der Waals surface area (Å²) in [5.41, 5.74) is 2.36. The molecule has 0 aromatic heterocycles. The summed E-state index contributed by atoms with van der Waals surface area (Å²) in [6.45, 7) is 2.20. The molecule has 1 aromatic rings. The monoisotopic (exact) mass is 161 g/mol. The lowest BCUT2D eigenvalue weighted by atomic mass is 10.1. The highest BCUT2D eigenvalue weighted by Crippen LogP contribution is 2.06. The predicted octanol–water partition coefficient (Wildman–Crippen LogP) is 3.03. The van der Waals surface area contributed by atoms with Crippen molar-refractivity contribution < 1.29 is 0 Å². The highest BCUT2D eigenvalue weighted by Gasteiger charge is 1.91. The molecule has 1 nitrogen and oxygen atoms in total. The maximum atomic E-state index is 7.03. The Morgan fingerprint density at radius 3 is 2.42 bits per heavy atom. The summed E-state index contributed by atoms with van der Waals surface area (Å²) in [6.07, 6.45) is 5.04. The van der Waals surface area contributed by atoms with Crippen molar-refractivity contribution in [1.29, 1.82) is 5.41 Å². The summed E-state index contributed by atoms with van der Waals surface area (Å²) in [4.78, 5) is 0. The molecule has 64 valence electrons. The number of hydrogen-bond acceptors (Lipinski definition) is 1. The number of aryl methyl sites for hydroxylation is 1. The van der Waals surface area contributed by atoms with Crippen LogP contribution in [0.2, 0.25) is 0 Å². The minimum absolute atomic E-state index is 0.982. The van der Waals surface area contributed by atoms with Gasteiger partial charge >= 0.3 is 0 Å². The molecular formula is C11H15N. The van der Waals surface area contributed by atoms with E-state index in [2.05, 4.69) is 19.1 Å². The van der Waals surface area contributed by atoms with Crippen LogP contribution in [0.15, 0.2) is 24.3 Å². The van der Waals surface area contributed by atoms with Crippen molar-refractivity contribution in [3.05, 3.63) is 35.4 Å². The second-order valence-electron chi connectivity index (χ2n) is 2.99. The Bertz CT molecular complexity index is 236. The Hall–Kier alpha value is -1.11. The lowest BCUT2D eigenvalue weighted by molar-refractivity contribution is 0.795. The zero-order valence-electron chi connectivity index (χ0n) is 7.51. The summed E-state index contributed by atoms with van der Waals surface area (Å²) in [6, 6.07) is 8.21. The number of rotatable bonds is 4. The highest BCUT2D eigenvalue weighted by molar-refractivity contribution is 5.76. The number of nitrogens with one attached hydrogen (secondary N) is 1. The lowest BCUT2D eigenvalue weighted by Gasteiger charge is -1.99. The molecule has 0 aliphatic carbocycles. The maximum absolute atomic E-state index is 7.03. The van der Waals surface area contributed by atoms with Crippen molar-refractivity contribution in [2.45, 2.75) is 26.2 Å². The van der Waals surface area contributed by atoms with Crippen LogP contribution in [0.5, 0.6) is 0 Å². The molecule has 0 unspecified atom stereocenters. The molecule has 0 aliphatic rings. The van der Waals surface area contributed by atoms with Crippen LogP contribution in [0.1, 0.15) is 30.9 Å². The molecular weight excluding hydrogens is 146 g/mol. The summed E-state index contributed by atoms with van der Waals surface area (Å²) in [5, 5.41) is 7.03. The third kappa shape index (κ3) is 2.50. The molecule has 0 atom stereocenters. The van der Waals surface area contributed by atoms with Gasteiger partial charge < -0.3 is 5.41 Å². The number of unbranched alkanes of at least 4 members (excludes halogenated alkanes) is 1. The molecule has 0 bridgehead atoms. The van der Waals surface area contributed by atoms with Crippen LogP contribution in [-0.4, -0.2) is 6.21 Å². The molecule has 1 rings (SSSR count). The Balaban J connectivity index is 2.58. The molecule has 0 saturated heterocycles. The molecule has 0 fully saturated rings. The van der Waals surface area contributed by atoms with E-state index in [0.717, 1.165) is 12.0 Å². The van der Waals surface area contributed by atoms with Crippen molar-refractivity contribution in [3.8, 4) is 0 Å². The smallest absolute Gasteiger partial charge is 0.0250 e. The SMILES string of the molecule is CCCCc1ccc(C=N)cc1. The topological polar surface area (TPSA) is 23.9 Å². The summed E-state index contributed by atoms with van der Waals surface area (Å²) in [5.74, 6) is 0. The standard InChI is InChI=1S/C11H15N/c1-2-3-4-10-5-7-11(9-12)8-6-10/h5-9,12H,2-4H2,1H3. The lowest BCUT2D eigenvalue weighted by Crippen LogP contribution is -1.85. The second-order valence-corrected chi connectivity index (χ2v) is 2.99. The Kier molecular flexibility index (Phi) is 3.52. The van der Waals surface area contributed by atoms with Crippen molar-refractivity contribution >= 4 is 6.21 Å². The van der Waals surface area contributed by atoms with E-state index in [0.29, 0.717) is 0 Å². The van der Waals surface area contributed by atoms with Crippen molar-refractivity contribution in [1.82, 2.24) is 0 Å². The average molecular weight is 161 g/mol. The molecule has 0 saturated carbocycles. The van der Waals surface area contributed by atoms with Gasteiger partial charge in [-0.15, -0.1) is 0 Å². The fraction of sp³-hybridized carbons (Fsp3) is 0.364. The van der Waals surface area contributed by atoms with Gasteiger partial charge in [-0.3, -0.25) is 0 Å². The summed E-state index contributed by atoms with van der Waals surface area (Å²) < 4.78 is 0. The minimum atomic E-state index is 0.982. The van der Waals surface area contributed by atoms with Crippen LogP contribution in [0.4, 0.5) is 0 Å². The van der Waals surface area contributed by atoms with Crippen LogP contribution in [0.25, 0.3) is 0 Å². The molecule has 0 amide bonds. The molecule has 0 aliphatic heterocycles. The first kappa shape index (κ1) is 8.98. The van der Waals surface area contributed by atoms with Crippen LogP contribution in [-0.2, 0) is 6.42 Å². The zero-order valence-corrected chi connectivity index (χ0v) is 7.51.